The molecule has 0 saturated heterocycles. The number of Topliss-reactive ketones (excluding diaryl/α,β-unsaturated/α-hetero) is 1. The molecule has 6 nitrogen and oxygen atoms in total. The topological polar surface area (TPSA) is 112 Å². The first kappa shape index (κ1) is 10.6. The second-order valence-corrected chi connectivity index (χ2v) is 3.46. The van der Waals surface area contributed by atoms with Crippen molar-refractivity contribution in [1.82, 2.24) is 9.97 Å². The first-order valence-corrected chi connectivity index (χ1v) is 4.76. The van der Waals surface area contributed by atoms with Crippen molar-refractivity contribution in [3.8, 4) is 0 Å². The predicted molar refractivity (Wildman–Crippen MR) is 58.3 cm³/mol. The van der Waals surface area contributed by atoms with Crippen molar-refractivity contribution in [2.45, 2.75) is 6.10 Å². The summed E-state index contributed by atoms with van der Waals surface area (Å²) in [6, 6.07) is 4.64. The van der Waals surface area contributed by atoms with Crippen LogP contribution in [0.1, 0.15) is 10.4 Å². The van der Waals surface area contributed by atoms with Crippen LogP contribution in [0.25, 0.3) is 11.0 Å². The van der Waals surface area contributed by atoms with E-state index in [2.05, 4.69) is 9.97 Å². The van der Waals surface area contributed by atoms with Crippen molar-refractivity contribution >= 4 is 16.8 Å². The molecule has 0 amide bonds. The van der Waals surface area contributed by atoms with Crippen molar-refractivity contribution in [3.63, 3.8) is 0 Å². The lowest BCUT2D eigenvalue weighted by Crippen LogP contribution is -2.29. The van der Waals surface area contributed by atoms with Crippen LogP contribution in [0.4, 0.5) is 0 Å². The number of H-pyrrole nitrogens is 2. The summed E-state index contributed by atoms with van der Waals surface area (Å²) in [5.74, 6) is -0.452. The second-order valence-electron chi connectivity index (χ2n) is 3.46. The number of ketones is 1. The molecule has 0 aliphatic rings. The molecule has 0 saturated carbocycles. The van der Waals surface area contributed by atoms with Crippen LogP contribution in [0.2, 0.25) is 0 Å². The summed E-state index contributed by atoms with van der Waals surface area (Å²) in [7, 11) is 0. The fraction of sp³-hybridized carbons (Fsp3) is 0.200. The number of aromatic nitrogens is 2. The lowest BCUT2D eigenvalue weighted by atomic mass is 10.1. The van der Waals surface area contributed by atoms with E-state index in [9.17, 15) is 14.7 Å². The Kier molecular flexibility index (Phi) is 2.59. The van der Waals surface area contributed by atoms with Crippen LogP contribution in [-0.4, -0.2) is 33.5 Å². The third kappa shape index (κ3) is 1.75. The van der Waals surface area contributed by atoms with Gasteiger partial charge in [0, 0.05) is 12.1 Å². The number of rotatable bonds is 3. The van der Waals surface area contributed by atoms with Crippen molar-refractivity contribution in [2.24, 2.45) is 5.73 Å². The number of imidazole rings is 1. The average Bonchev–Trinajstić information content (AvgIpc) is 2.65. The molecular formula is C10H11N3O3. The standard InChI is InChI=1S/C10H11N3O3/c11-4-8(14)9(15)5-1-2-6-7(3-5)13-10(16)12-6/h1-3,8,14H,4,11H2,(H2,12,13,16). The number of fused-ring (bicyclic) bond motifs is 1. The van der Waals surface area contributed by atoms with Gasteiger partial charge in [-0.05, 0) is 18.2 Å². The quantitative estimate of drug-likeness (QED) is 0.516. The number of hydrogen-bond acceptors (Lipinski definition) is 4. The lowest BCUT2D eigenvalue weighted by molar-refractivity contribution is 0.0763. The van der Waals surface area contributed by atoms with Crippen LogP contribution in [0.3, 0.4) is 0 Å². The normalized spacial score (nSPS) is 12.9. The molecule has 0 bridgehead atoms. The van der Waals surface area contributed by atoms with Gasteiger partial charge in [0.1, 0.15) is 6.10 Å². The summed E-state index contributed by atoms with van der Waals surface area (Å²) in [6.07, 6.45) is -1.21. The van der Waals surface area contributed by atoms with Crippen molar-refractivity contribution in [3.05, 3.63) is 34.2 Å². The molecular weight excluding hydrogens is 210 g/mol. The van der Waals surface area contributed by atoms with Gasteiger partial charge in [-0.25, -0.2) is 4.79 Å². The fourth-order valence-electron chi connectivity index (χ4n) is 1.49. The number of aliphatic hydroxyl groups is 1. The SMILES string of the molecule is NCC(O)C(=O)c1ccc2[nH]c(=O)[nH]c2c1. The highest BCUT2D eigenvalue weighted by atomic mass is 16.3. The molecule has 2 rings (SSSR count). The molecule has 0 radical (unpaired) electrons. The van der Waals surface area contributed by atoms with Gasteiger partial charge in [0.15, 0.2) is 5.78 Å². The van der Waals surface area contributed by atoms with E-state index in [-0.39, 0.29) is 12.2 Å². The summed E-state index contributed by atoms with van der Waals surface area (Å²) in [6.45, 7) is -0.124. The van der Waals surface area contributed by atoms with Crippen LogP contribution < -0.4 is 11.4 Å². The van der Waals surface area contributed by atoms with Crippen LogP contribution in [0.15, 0.2) is 23.0 Å². The highest BCUT2D eigenvalue weighted by Crippen LogP contribution is 2.11. The molecule has 6 heteroatoms. The van der Waals surface area contributed by atoms with E-state index in [4.69, 9.17) is 5.73 Å². The van der Waals surface area contributed by atoms with E-state index in [0.29, 0.717) is 16.6 Å². The number of carbonyl (C=O) groups excluding carboxylic acids is 1. The second kappa shape index (κ2) is 3.92. The van der Waals surface area contributed by atoms with Gasteiger partial charge < -0.3 is 20.8 Å². The van der Waals surface area contributed by atoms with Gasteiger partial charge in [-0.2, -0.15) is 0 Å². The Labute approximate surface area is 90.1 Å². The zero-order chi connectivity index (χ0) is 11.7. The van der Waals surface area contributed by atoms with E-state index in [0.717, 1.165) is 0 Å². The Bertz CT molecular complexity index is 584. The van der Waals surface area contributed by atoms with Crippen molar-refractivity contribution in [2.75, 3.05) is 6.54 Å². The summed E-state index contributed by atoms with van der Waals surface area (Å²) in [4.78, 5) is 27.7. The van der Waals surface area contributed by atoms with Gasteiger partial charge in [-0.3, -0.25) is 4.79 Å². The van der Waals surface area contributed by atoms with Crippen molar-refractivity contribution in [1.29, 1.82) is 0 Å². The molecule has 1 unspecified atom stereocenters. The van der Waals surface area contributed by atoms with Crippen LogP contribution in [-0.2, 0) is 0 Å². The Morgan fingerprint density at radius 2 is 2.06 bits per heavy atom. The summed E-state index contributed by atoms with van der Waals surface area (Å²) >= 11 is 0. The van der Waals surface area contributed by atoms with E-state index < -0.39 is 11.9 Å². The Morgan fingerprint density at radius 1 is 1.38 bits per heavy atom. The van der Waals surface area contributed by atoms with Gasteiger partial charge in [0.2, 0.25) is 0 Å². The summed E-state index contributed by atoms with van der Waals surface area (Å²) < 4.78 is 0. The molecule has 1 heterocycles. The van der Waals surface area contributed by atoms with Gasteiger partial charge >= 0.3 is 5.69 Å². The van der Waals surface area contributed by atoms with Crippen LogP contribution in [0, 0.1) is 0 Å². The average molecular weight is 221 g/mol. The largest absolute Gasteiger partial charge is 0.384 e. The number of benzene rings is 1. The monoisotopic (exact) mass is 221 g/mol. The summed E-state index contributed by atoms with van der Waals surface area (Å²) in [5.41, 5.74) is 6.32. The zero-order valence-electron chi connectivity index (χ0n) is 8.36. The molecule has 16 heavy (non-hydrogen) atoms. The minimum absolute atomic E-state index is 0.124. The zero-order valence-corrected chi connectivity index (χ0v) is 8.36. The third-order valence-corrected chi connectivity index (χ3v) is 2.33. The molecule has 1 aromatic carbocycles. The fourth-order valence-corrected chi connectivity index (χ4v) is 1.49. The minimum Gasteiger partial charge on any atom is -0.384 e. The molecule has 84 valence electrons. The van der Waals surface area contributed by atoms with E-state index in [1.165, 1.54) is 12.1 Å². The molecule has 5 N–H and O–H groups in total. The first-order chi connectivity index (χ1) is 7.61. The maximum absolute atomic E-state index is 11.6. The first-order valence-electron chi connectivity index (χ1n) is 4.76. The number of aromatic amines is 2. The number of nitrogens with one attached hydrogen (secondary N) is 2. The minimum atomic E-state index is -1.21. The molecule has 0 aliphatic heterocycles. The maximum Gasteiger partial charge on any atom is 0.323 e. The Balaban J connectivity index is 2.46. The van der Waals surface area contributed by atoms with E-state index in [1.807, 2.05) is 0 Å². The van der Waals surface area contributed by atoms with Gasteiger partial charge in [0.25, 0.3) is 0 Å². The van der Waals surface area contributed by atoms with Gasteiger partial charge in [0.05, 0.1) is 11.0 Å². The molecule has 1 atom stereocenters. The van der Waals surface area contributed by atoms with Gasteiger partial charge in [-0.15, -0.1) is 0 Å². The number of carbonyl (C=O) groups is 1. The molecule has 1 aromatic heterocycles. The predicted octanol–water partition coefficient (Wildman–Crippen LogP) is -0.642. The lowest BCUT2D eigenvalue weighted by Gasteiger charge is -2.05. The Hall–Kier alpha value is -1.92. The van der Waals surface area contributed by atoms with Crippen LogP contribution >= 0.6 is 0 Å². The summed E-state index contributed by atoms with van der Waals surface area (Å²) in [5, 5.41) is 9.30. The van der Waals surface area contributed by atoms with Crippen molar-refractivity contribution < 1.29 is 9.90 Å². The molecule has 0 aliphatic carbocycles. The molecule has 2 aromatic rings. The number of hydrogen-bond donors (Lipinski definition) is 4. The van der Waals surface area contributed by atoms with Gasteiger partial charge in [-0.1, -0.05) is 0 Å². The number of nitrogens with two attached hydrogens (primary N) is 1. The highest BCUT2D eigenvalue weighted by Gasteiger charge is 2.15. The smallest absolute Gasteiger partial charge is 0.323 e. The van der Waals surface area contributed by atoms with E-state index in [1.54, 1.807) is 6.07 Å². The number of aliphatic hydroxyl groups excluding tert-OH is 1. The van der Waals surface area contributed by atoms with E-state index >= 15 is 0 Å². The molecule has 0 fully saturated rings. The molecule has 0 spiro atoms. The maximum atomic E-state index is 11.6. The third-order valence-electron chi connectivity index (χ3n) is 2.33. The Morgan fingerprint density at radius 3 is 2.75 bits per heavy atom. The highest BCUT2D eigenvalue weighted by molar-refractivity contribution is 6.01. The van der Waals surface area contributed by atoms with Crippen LogP contribution in [0.5, 0.6) is 0 Å².